The molecule has 2 rings (SSSR count). The quantitative estimate of drug-likeness (QED) is 0.839. The van der Waals surface area contributed by atoms with E-state index in [4.69, 9.17) is 4.74 Å². The van der Waals surface area contributed by atoms with E-state index >= 15 is 0 Å². The molecule has 0 amide bonds. The average molecular weight is 389 g/mol. The second-order valence-corrected chi connectivity index (χ2v) is 5.70. The first-order valence-corrected chi connectivity index (χ1v) is 7.50. The number of halogens is 2. The summed E-state index contributed by atoms with van der Waals surface area (Å²) >= 11 is 7.00. The van der Waals surface area contributed by atoms with Crippen LogP contribution < -0.4 is 10.1 Å². The van der Waals surface area contributed by atoms with Crippen molar-refractivity contribution in [3.05, 3.63) is 39.3 Å². The molecule has 1 aromatic heterocycles. The highest BCUT2D eigenvalue weighted by Gasteiger charge is 2.08. The number of imidazole rings is 1. The number of benzene rings is 1. The third kappa shape index (κ3) is 3.30. The number of aromatic nitrogens is 2. The molecule has 0 saturated heterocycles. The molecule has 4 nitrogen and oxygen atoms in total. The van der Waals surface area contributed by atoms with Gasteiger partial charge in [0.1, 0.15) is 5.75 Å². The summed E-state index contributed by atoms with van der Waals surface area (Å²) in [4.78, 5) is 4.15. The van der Waals surface area contributed by atoms with Crippen molar-refractivity contribution >= 4 is 37.5 Å². The minimum atomic E-state index is 0.719. The molecule has 0 unspecified atom stereocenters. The Hall–Kier alpha value is -1.01. The third-order valence-electron chi connectivity index (χ3n) is 2.84. The van der Waals surface area contributed by atoms with Gasteiger partial charge < -0.3 is 14.6 Å². The zero-order chi connectivity index (χ0) is 13.8. The maximum Gasteiger partial charge on any atom is 0.135 e. The van der Waals surface area contributed by atoms with Gasteiger partial charge in [-0.25, -0.2) is 4.98 Å². The van der Waals surface area contributed by atoms with Crippen LogP contribution in [0.5, 0.6) is 5.75 Å². The first-order chi connectivity index (χ1) is 9.15. The van der Waals surface area contributed by atoms with Crippen LogP contribution in [0, 0.1) is 0 Å². The van der Waals surface area contributed by atoms with Crippen LogP contribution in [0.1, 0.15) is 12.6 Å². The van der Waals surface area contributed by atoms with Gasteiger partial charge in [0.2, 0.25) is 0 Å². The Morgan fingerprint density at radius 3 is 2.79 bits per heavy atom. The fourth-order valence-electron chi connectivity index (χ4n) is 1.79. The summed E-state index contributed by atoms with van der Waals surface area (Å²) in [7, 11) is 1.66. The van der Waals surface area contributed by atoms with E-state index < -0.39 is 0 Å². The Morgan fingerprint density at radius 2 is 2.11 bits per heavy atom. The van der Waals surface area contributed by atoms with Gasteiger partial charge in [0.15, 0.2) is 0 Å². The van der Waals surface area contributed by atoms with Crippen LogP contribution in [-0.4, -0.2) is 16.7 Å². The van der Waals surface area contributed by atoms with Gasteiger partial charge in [0, 0.05) is 23.3 Å². The van der Waals surface area contributed by atoms with Gasteiger partial charge in [-0.15, -0.1) is 0 Å². The molecule has 0 aliphatic carbocycles. The highest BCUT2D eigenvalue weighted by molar-refractivity contribution is 9.11. The Kier molecular flexibility index (Phi) is 4.87. The van der Waals surface area contributed by atoms with E-state index in [1.807, 2.05) is 24.7 Å². The summed E-state index contributed by atoms with van der Waals surface area (Å²) in [5.41, 5.74) is 2.14. The lowest BCUT2D eigenvalue weighted by Crippen LogP contribution is -2.06. The van der Waals surface area contributed by atoms with Crippen molar-refractivity contribution in [1.82, 2.24) is 9.55 Å². The molecule has 0 fully saturated rings. The van der Waals surface area contributed by atoms with Crippen LogP contribution in [0.4, 0.5) is 5.69 Å². The van der Waals surface area contributed by atoms with Crippen LogP contribution in [0.15, 0.2) is 33.6 Å². The number of methoxy groups -OCH3 is 1. The van der Waals surface area contributed by atoms with Gasteiger partial charge >= 0.3 is 0 Å². The fraction of sp³-hybridized carbons (Fsp3) is 0.308. The summed E-state index contributed by atoms with van der Waals surface area (Å²) in [6, 6.07) is 3.93. The average Bonchev–Trinajstić information content (AvgIpc) is 2.85. The molecule has 19 heavy (non-hydrogen) atoms. The van der Waals surface area contributed by atoms with Gasteiger partial charge in [-0.05, 0) is 44.8 Å². The van der Waals surface area contributed by atoms with Gasteiger partial charge in [0.05, 0.1) is 35.8 Å². The summed E-state index contributed by atoms with van der Waals surface area (Å²) < 4.78 is 9.32. The molecule has 0 radical (unpaired) electrons. The third-order valence-corrected chi connectivity index (χ3v) is 4.12. The van der Waals surface area contributed by atoms with Crippen molar-refractivity contribution in [3.63, 3.8) is 0 Å². The van der Waals surface area contributed by atoms with E-state index in [1.165, 1.54) is 0 Å². The molecular weight excluding hydrogens is 374 g/mol. The van der Waals surface area contributed by atoms with Crippen molar-refractivity contribution in [2.24, 2.45) is 0 Å². The Morgan fingerprint density at radius 1 is 1.32 bits per heavy atom. The summed E-state index contributed by atoms with van der Waals surface area (Å²) in [5, 5.41) is 3.38. The highest BCUT2D eigenvalue weighted by atomic mass is 79.9. The first kappa shape index (κ1) is 14.4. The standard InChI is InChI=1S/C13H15Br2N3O/c1-3-18-8-16-6-9(18)7-17-12-5-13(19-2)11(15)4-10(12)14/h4-6,8,17H,3,7H2,1-2H3. The van der Waals surface area contributed by atoms with Gasteiger partial charge in [0.25, 0.3) is 0 Å². The molecule has 0 aliphatic heterocycles. The van der Waals surface area contributed by atoms with E-state index in [0.717, 1.165) is 39.2 Å². The lowest BCUT2D eigenvalue weighted by atomic mass is 10.3. The van der Waals surface area contributed by atoms with Crippen LogP contribution >= 0.6 is 31.9 Å². The Bertz CT molecular complexity index is 569. The van der Waals surface area contributed by atoms with Crippen LogP contribution in [0.25, 0.3) is 0 Å². The molecule has 0 saturated carbocycles. The number of nitrogens with zero attached hydrogens (tertiary/aromatic N) is 2. The highest BCUT2D eigenvalue weighted by Crippen LogP contribution is 2.34. The Balaban J connectivity index is 2.15. The molecule has 0 aliphatic rings. The second-order valence-electron chi connectivity index (χ2n) is 3.99. The molecule has 0 atom stereocenters. The van der Waals surface area contributed by atoms with Gasteiger partial charge in [-0.3, -0.25) is 0 Å². The molecule has 6 heteroatoms. The van der Waals surface area contributed by atoms with E-state index in [2.05, 4.69) is 53.7 Å². The summed E-state index contributed by atoms with van der Waals surface area (Å²) in [6.45, 7) is 3.74. The normalized spacial score (nSPS) is 10.5. The van der Waals surface area contributed by atoms with Crippen molar-refractivity contribution in [2.75, 3.05) is 12.4 Å². The lowest BCUT2D eigenvalue weighted by Gasteiger charge is -2.12. The smallest absolute Gasteiger partial charge is 0.135 e. The number of rotatable bonds is 5. The van der Waals surface area contributed by atoms with Gasteiger partial charge in [-0.2, -0.15) is 0 Å². The lowest BCUT2D eigenvalue weighted by molar-refractivity contribution is 0.412. The van der Waals surface area contributed by atoms with E-state index in [9.17, 15) is 0 Å². The number of hydrogen-bond donors (Lipinski definition) is 1. The van der Waals surface area contributed by atoms with Crippen LogP contribution in [-0.2, 0) is 13.1 Å². The monoisotopic (exact) mass is 387 g/mol. The number of anilines is 1. The topological polar surface area (TPSA) is 39.1 Å². The fourth-order valence-corrected chi connectivity index (χ4v) is 3.08. The number of aryl methyl sites for hydroxylation is 1. The maximum atomic E-state index is 5.30. The van der Waals surface area contributed by atoms with Gasteiger partial charge in [-0.1, -0.05) is 0 Å². The number of hydrogen-bond acceptors (Lipinski definition) is 3. The SMILES string of the molecule is CCn1cncc1CNc1cc(OC)c(Br)cc1Br. The summed E-state index contributed by atoms with van der Waals surface area (Å²) in [5.74, 6) is 0.801. The second kappa shape index (κ2) is 6.43. The first-order valence-electron chi connectivity index (χ1n) is 5.91. The molecule has 102 valence electrons. The molecular formula is C13H15Br2N3O. The molecule has 1 heterocycles. The van der Waals surface area contributed by atoms with Crippen molar-refractivity contribution in [1.29, 1.82) is 0 Å². The molecule has 0 bridgehead atoms. The largest absolute Gasteiger partial charge is 0.495 e. The molecule has 1 aromatic carbocycles. The molecule has 0 spiro atoms. The van der Waals surface area contributed by atoms with E-state index in [-0.39, 0.29) is 0 Å². The molecule has 1 N–H and O–H groups in total. The van der Waals surface area contributed by atoms with Crippen molar-refractivity contribution in [3.8, 4) is 5.75 Å². The van der Waals surface area contributed by atoms with Crippen LogP contribution in [0.3, 0.4) is 0 Å². The predicted molar refractivity (Wildman–Crippen MR) is 83.6 cm³/mol. The molecule has 2 aromatic rings. The van der Waals surface area contributed by atoms with E-state index in [1.54, 1.807) is 7.11 Å². The van der Waals surface area contributed by atoms with Crippen LogP contribution in [0.2, 0.25) is 0 Å². The number of nitrogens with one attached hydrogen (secondary N) is 1. The van der Waals surface area contributed by atoms with E-state index in [0.29, 0.717) is 0 Å². The minimum absolute atomic E-state index is 0.719. The number of ether oxygens (including phenoxy) is 1. The zero-order valence-electron chi connectivity index (χ0n) is 10.8. The van der Waals surface area contributed by atoms with Crippen molar-refractivity contribution < 1.29 is 4.74 Å². The zero-order valence-corrected chi connectivity index (χ0v) is 14.0. The van der Waals surface area contributed by atoms with Crippen molar-refractivity contribution in [2.45, 2.75) is 20.0 Å². The minimum Gasteiger partial charge on any atom is -0.495 e. The summed E-state index contributed by atoms with van der Waals surface area (Å²) in [6.07, 6.45) is 3.72. The maximum absolute atomic E-state index is 5.30. The predicted octanol–water partition coefficient (Wildman–Crippen LogP) is 4.05. The Labute approximate surface area is 129 Å².